The number of allylic oxidation sites excluding steroid dienone is 1. The van der Waals surface area contributed by atoms with Crippen LogP contribution in [0.2, 0.25) is 0 Å². The molecule has 4 heterocycles. The number of nitriles is 1. The van der Waals surface area contributed by atoms with E-state index >= 15 is 0 Å². The van der Waals surface area contributed by atoms with Crippen molar-refractivity contribution in [3.05, 3.63) is 82.8 Å². The van der Waals surface area contributed by atoms with Crippen LogP contribution in [0, 0.1) is 16.1 Å². The van der Waals surface area contributed by atoms with E-state index < -0.39 is 22.7 Å². The van der Waals surface area contributed by atoms with Crippen molar-refractivity contribution in [2.75, 3.05) is 0 Å². The molecule has 188 valence electrons. The Morgan fingerprint density at radius 1 is 1.19 bits per heavy atom. The van der Waals surface area contributed by atoms with Gasteiger partial charge in [0, 0.05) is 20.6 Å². The molecule has 0 amide bonds. The van der Waals surface area contributed by atoms with Gasteiger partial charge in [-0.15, -0.1) is 0 Å². The fourth-order valence-corrected chi connectivity index (χ4v) is 4.54. The van der Waals surface area contributed by atoms with Crippen LogP contribution in [0.5, 0.6) is 17.6 Å². The average Bonchev–Trinajstić information content (AvgIpc) is 3.24. The summed E-state index contributed by atoms with van der Waals surface area (Å²) in [6.07, 6.45) is 0. The molecule has 0 fully saturated rings. The third-order valence-corrected chi connectivity index (χ3v) is 6.37. The van der Waals surface area contributed by atoms with Crippen molar-refractivity contribution in [2.24, 2.45) is 19.8 Å². The number of aromatic amines is 2. The molecule has 0 bridgehead atoms. The van der Waals surface area contributed by atoms with Gasteiger partial charge in [0.25, 0.3) is 11.1 Å². The standard InChI is InChI=1S/C23H20N8O5S/c1-4-31-15-17(29(2)23(34)30(3)20(15)33)26-22(31)35-11-7-5-10(6-8-11)13-12(9-24)16(25)36-19-14(13)18(32)27-21(37)28-19/h5-8,13H,4,25H2,1-3H3,(H2,27,28,32,37). The lowest BCUT2D eigenvalue weighted by Gasteiger charge is -2.25. The molecule has 4 N–H and O–H groups in total. The summed E-state index contributed by atoms with van der Waals surface area (Å²) in [7, 11) is 2.93. The van der Waals surface area contributed by atoms with E-state index in [1.165, 1.54) is 18.7 Å². The number of hydrogen-bond acceptors (Lipinski definition) is 9. The monoisotopic (exact) mass is 520 g/mol. The minimum absolute atomic E-state index is 0.0607. The van der Waals surface area contributed by atoms with Crippen molar-refractivity contribution in [3.63, 3.8) is 0 Å². The second-order valence-electron chi connectivity index (χ2n) is 8.26. The zero-order chi connectivity index (χ0) is 26.6. The molecule has 0 radical (unpaired) electrons. The number of H-pyrrole nitrogens is 2. The summed E-state index contributed by atoms with van der Waals surface area (Å²) in [4.78, 5) is 47.4. The van der Waals surface area contributed by atoms with E-state index in [1.54, 1.807) is 28.8 Å². The molecule has 1 aromatic carbocycles. The molecule has 14 heteroatoms. The van der Waals surface area contributed by atoms with E-state index in [-0.39, 0.29) is 44.8 Å². The Kier molecular flexibility index (Phi) is 5.56. The van der Waals surface area contributed by atoms with Crippen molar-refractivity contribution in [1.82, 2.24) is 28.7 Å². The van der Waals surface area contributed by atoms with Crippen LogP contribution in [0.1, 0.15) is 24.0 Å². The van der Waals surface area contributed by atoms with E-state index in [9.17, 15) is 19.6 Å². The largest absolute Gasteiger partial charge is 0.425 e. The van der Waals surface area contributed by atoms with Crippen LogP contribution < -0.4 is 32.0 Å². The van der Waals surface area contributed by atoms with Crippen LogP contribution in [-0.2, 0) is 20.6 Å². The Balaban J connectivity index is 1.58. The number of nitrogens with one attached hydrogen (secondary N) is 2. The highest BCUT2D eigenvalue weighted by Gasteiger charge is 2.34. The summed E-state index contributed by atoms with van der Waals surface area (Å²) in [5.74, 6) is -0.504. The third kappa shape index (κ3) is 3.64. The minimum Gasteiger partial charge on any atom is -0.425 e. The molecule has 1 aliphatic heterocycles. The second kappa shape index (κ2) is 8.64. The zero-order valence-electron chi connectivity index (χ0n) is 19.9. The lowest BCUT2D eigenvalue weighted by Crippen LogP contribution is -2.37. The molecule has 5 rings (SSSR count). The van der Waals surface area contributed by atoms with Crippen molar-refractivity contribution in [2.45, 2.75) is 19.4 Å². The molecule has 1 atom stereocenters. The summed E-state index contributed by atoms with van der Waals surface area (Å²) >= 11 is 5.01. The van der Waals surface area contributed by atoms with E-state index in [4.69, 9.17) is 27.4 Å². The van der Waals surface area contributed by atoms with Gasteiger partial charge in [-0.2, -0.15) is 10.2 Å². The van der Waals surface area contributed by atoms with Crippen LogP contribution in [0.3, 0.4) is 0 Å². The predicted octanol–water partition coefficient (Wildman–Crippen LogP) is 1.21. The van der Waals surface area contributed by atoms with Gasteiger partial charge in [0.15, 0.2) is 15.9 Å². The van der Waals surface area contributed by atoms with Crippen LogP contribution in [0.15, 0.2) is 50.1 Å². The van der Waals surface area contributed by atoms with Gasteiger partial charge in [0.1, 0.15) is 17.4 Å². The Bertz CT molecular complexity index is 1900. The average molecular weight is 521 g/mol. The number of ether oxygens (including phenoxy) is 2. The maximum Gasteiger partial charge on any atom is 0.332 e. The Morgan fingerprint density at radius 3 is 2.54 bits per heavy atom. The van der Waals surface area contributed by atoms with Crippen LogP contribution in [0.4, 0.5) is 0 Å². The van der Waals surface area contributed by atoms with E-state index in [0.29, 0.717) is 17.9 Å². The Labute approximate surface area is 212 Å². The number of benzene rings is 1. The highest BCUT2D eigenvalue weighted by molar-refractivity contribution is 7.71. The van der Waals surface area contributed by atoms with E-state index in [2.05, 4.69) is 15.0 Å². The number of imidazole rings is 1. The number of aryl methyl sites for hydroxylation is 2. The van der Waals surface area contributed by atoms with Gasteiger partial charge in [0.05, 0.1) is 11.5 Å². The van der Waals surface area contributed by atoms with Gasteiger partial charge in [-0.05, 0) is 36.8 Å². The minimum atomic E-state index is -0.809. The summed E-state index contributed by atoms with van der Waals surface area (Å²) in [5, 5.41) is 9.73. The molecule has 1 aliphatic rings. The van der Waals surface area contributed by atoms with Crippen molar-refractivity contribution >= 4 is 23.4 Å². The van der Waals surface area contributed by atoms with E-state index in [1.807, 2.05) is 13.0 Å². The van der Waals surface area contributed by atoms with Crippen molar-refractivity contribution in [3.8, 4) is 23.7 Å². The molecule has 0 saturated heterocycles. The topological polar surface area (TPSA) is 179 Å². The van der Waals surface area contributed by atoms with Gasteiger partial charge in [-0.1, -0.05) is 12.1 Å². The van der Waals surface area contributed by atoms with Crippen LogP contribution in [0.25, 0.3) is 11.2 Å². The van der Waals surface area contributed by atoms with Crippen LogP contribution >= 0.6 is 12.2 Å². The van der Waals surface area contributed by atoms with Gasteiger partial charge >= 0.3 is 11.7 Å². The van der Waals surface area contributed by atoms with Gasteiger partial charge in [0.2, 0.25) is 11.8 Å². The quantitative estimate of drug-likeness (QED) is 0.333. The summed E-state index contributed by atoms with van der Waals surface area (Å²) < 4.78 is 15.4. The van der Waals surface area contributed by atoms with Crippen LogP contribution in [-0.4, -0.2) is 28.7 Å². The number of fused-ring (bicyclic) bond motifs is 2. The molecule has 0 saturated carbocycles. The van der Waals surface area contributed by atoms with E-state index in [0.717, 1.165) is 4.57 Å². The molecule has 0 aliphatic carbocycles. The van der Waals surface area contributed by atoms with Crippen molar-refractivity contribution < 1.29 is 9.47 Å². The maximum absolute atomic E-state index is 12.7. The smallest absolute Gasteiger partial charge is 0.332 e. The molecule has 1 unspecified atom stereocenters. The summed E-state index contributed by atoms with van der Waals surface area (Å²) in [5.41, 5.74) is 5.74. The normalized spacial score (nSPS) is 14.8. The fourth-order valence-electron chi connectivity index (χ4n) is 4.35. The highest BCUT2D eigenvalue weighted by atomic mass is 32.1. The summed E-state index contributed by atoms with van der Waals surface area (Å²) in [6, 6.07) is 8.76. The molecule has 13 nitrogen and oxygen atoms in total. The maximum atomic E-state index is 12.7. The number of rotatable bonds is 4. The Morgan fingerprint density at radius 2 is 1.89 bits per heavy atom. The van der Waals surface area contributed by atoms with Gasteiger partial charge in [-0.3, -0.25) is 28.3 Å². The number of nitrogens with two attached hydrogens (primary N) is 1. The Hall–Kier alpha value is -4.90. The first-order valence-corrected chi connectivity index (χ1v) is 11.4. The predicted molar refractivity (Wildman–Crippen MR) is 134 cm³/mol. The van der Waals surface area contributed by atoms with Gasteiger partial charge in [-0.25, -0.2) is 4.79 Å². The second-order valence-corrected chi connectivity index (χ2v) is 8.67. The van der Waals surface area contributed by atoms with Gasteiger partial charge < -0.3 is 20.2 Å². The number of nitrogens with zero attached hydrogens (tertiary/aromatic N) is 5. The number of aromatic nitrogens is 6. The fraction of sp³-hybridized carbons (Fsp3) is 0.217. The molecular weight excluding hydrogens is 500 g/mol. The molecular formula is C23H20N8O5S. The first kappa shape index (κ1) is 23.8. The molecule has 0 spiro atoms. The first-order valence-electron chi connectivity index (χ1n) is 11.0. The summed E-state index contributed by atoms with van der Waals surface area (Å²) in [6.45, 7) is 2.20. The number of hydrogen-bond donors (Lipinski definition) is 3. The first-order chi connectivity index (χ1) is 17.7. The SMILES string of the molecule is CCn1c(Oc2ccc(C3C(C#N)=C(N)Oc4[nH]c(=S)[nH]c(=O)c43)cc2)nc2c1c(=O)n(C)c(=O)n2C. The third-order valence-electron chi connectivity index (χ3n) is 6.17. The molecule has 37 heavy (non-hydrogen) atoms. The lowest BCUT2D eigenvalue weighted by atomic mass is 9.85. The zero-order valence-corrected chi connectivity index (χ0v) is 20.7. The van der Waals surface area contributed by atoms with Crippen molar-refractivity contribution in [1.29, 1.82) is 5.26 Å². The lowest BCUT2D eigenvalue weighted by molar-refractivity contribution is 0.374. The molecule has 4 aromatic rings. The molecule has 3 aromatic heterocycles. The highest BCUT2D eigenvalue weighted by Crippen LogP contribution is 2.39.